The zero-order chi connectivity index (χ0) is 14.0. The molecule has 6 nitrogen and oxygen atoms in total. The van der Waals surface area contributed by atoms with Crippen LogP contribution in [0.25, 0.3) is 0 Å². The van der Waals surface area contributed by atoms with Crippen molar-refractivity contribution in [2.24, 2.45) is 5.41 Å². The zero-order valence-electron chi connectivity index (χ0n) is 10.1. The van der Waals surface area contributed by atoms with Gasteiger partial charge in [0.15, 0.2) is 0 Å². The third-order valence-corrected chi connectivity index (χ3v) is 4.03. The second-order valence-corrected chi connectivity index (χ2v) is 5.63. The molecule has 0 bridgehead atoms. The largest absolute Gasteiger partial charge is 0.481 e. The molecule has 0 radical (unpaired) electrons. The first kappa shape index (κ1) is 13.8. The van der Waals surface area contributed by atoms with Crippen molar-refractivity contribution in [1.29, 1.82) is 0 Å². The van der Waals surface area contributed by atoms with Crippen LogP contribution in [0.1, 0.15) is 19.3 Å². The fourth-order valence-corrected chi connectivity index (χ4v) is 2.50. The number of nitro benzene ring substituents is 1. The van der Waals surface area contributed by atoms with Gasteiger partial charge in [0, 0.05) is 17.1 Å². The Morgan fingerprint density at radius 2 is 2.21 bits per heavy atom. The molecule has 1 aromatic rings. The number of hydrogen-bond acceptors (Lipinski definition) is 4. The summed E-state index contributed by atoms with van der Waals surface area (Å²) in [4.78, 5) is 21.7. The van der Waals surface area contributed by atoms with Crippen molar-refractivity contribution in [2.45, 2.75) is 19.3 Å². The predicted molar refractivity (Wildman–Crippen MR) is 73.2 cm³/mol. The number of nitro groups is 1. The van der Waals surface area contributed by atoms with Crippen molar-refractivity contribution in [3.63, 3.8) is 0 Å². The average molecular weight is 329 g/mol. The first-order valence-electron chi connectivity index (χ1n) is 5.86. The van der Waals surface area contributed by atoms with E-state index in [2.05, 4.69) is 21.2 Å². The second-order valence-electron chi connectivity index (χ2n) is 4.71. The summed E-state index contributed by atoms with van der Waals surface area (Å²) in [6.07, 6.45) is 2.10. The number of carbonyl (C=O) groups is 1. The number of hydrogen-bond donors (Lipinski definition) is 2. The Kier molecular flexibility index (Phi) is 3.75. The third-order valence-electron chi connectivity index (χ3n) is 3.54. The van der Waals surface area contributed by atoms with Gasteiger partial charge in [0.25, 0.3) is 5.69 Å². The molecular weight excluding hydrogens is 316 g/mol. The van der Waals surface area contributed by atoms with Crippen LogP contribution in [0.15, 0.2) is 22.7 Å². The molecule has 2 N–H and O–H groups in total. The molecular formula is C12H13BrN2O4. The van der Waals surface area contributed by atoms with Crippen LogP contribution in [0.3, 0.4) is 0 Å². The summed E-state index contributed by atoms with van der Waals surface area (Å²) < 4.78 is 0.707. The highest BCUT2D eigenvalue weighted by atomic mass is 79.9. The molecule has 0 saturated heterocycles. The Morgan fingerprint density at radius 1 is 1.53 bits per heavy atom. The maximum atomic E-state index is 11.2. The minimum absolute atomic E-state index is 0.0527. The Hall–Kier alpha value is -1.63. The molecule has 0 atom stereocenters. The van der Waals surface area contributed by atoms with E-state index in [9.17, 15) is 20.0 Å². The van der Waals surface area contributed by atoms with Gasteiger partial charge < -0.3 is 10.4 Å². The van der Waals surface area contributed by atoms with Crippen molar-refractivity contribution in [2.75, 3.05) is 11.9 Å². The molecule has 1 fully saturated rings. The van der Waals surface area contributed by atoms with Crippen LogP contribution < -0.4 is 5.32 Å². The number of aliphatic carboxylic acids is 1. The van der Waals surface area contributed by atoms with Crippen LogP contribution in [0.2, 0.25) is 0 Å². The standard InChI is InChI=1S/C12H13BrN2O4/c13-8-2-3-10(15(18)19)9(6-8)14-7-12(11(16)17)4-1-5-12/h2-3,6,14H,1,4-5,7H2,(H,16,17). The molecule has 0 aromatic heterocycles. The van der Waals surface area contributed by atoms with E-state index >= 15 is 0 Å². The lowest BCUT2D eigenvalue weighted by atomic mass is 9.69. The lowest BCUT2D eigenvalue weighted by Gasteiger charge is -2.37. The van der Waals surface area contributed by atoms with Crippen LogP contribution in [0, 0.1) is 15.5 Å². The van der Waals surface area contributed by atoms with Crippen LogP contribution in [0.4, 0.5) is 11.4 Å². The Bertz CT molecular complexity index is 528. The predicted octanol–water partition coefficient (Wildman–Crippen LogP) is 3.02. The highest BCUT2D eigenvalue weighted by Gasteiger charge is 2.44. The van der Waals surface area contributed by atoms with Gasteiger partial charge in [-0.25, -0.2) is 0 Å². The van der Waals surface area contributed by atoms with E-state index < -0.39 is 16.3 Å². The Morgan fingerprint density at radius 3 is 2.68 bits per heavy atom. The summed E-state index contributed by atoms with van der Waals surface area (Å²) in [5, 5.41) is 23.0. The number of nitrogens with one attached hydrogen (secondary N) is 1. The number of benzene rings is 1. The summed E-state index contributed by atoms with van der Waals surface area (Å²) in [7, 11) is 0. The summed E-state index contributed by atoms with van der Waals surface area (Å²) in [6.45, 7) is 0.208. The summed E-state index contributed by atoms with van der Waals surface area (Å²) in [6, 6.07) is 4.56. The fraction of sp³-hybridized carbons (Fsp3) is 0.417. The average Bonchev–Trinajstić information content (AvgIpc) is 2.26. The maximum absolute atomic E-state index is 11.2. The van der Waals surface area contributed by atoms with Gasteiger partial charge in [-0.3, -0.25) is 14.9 Å². The molecule has 19 heavy (non-hydrogen) atoms. The lowest BCUT2D eigenvalue weighted by molar-refractivity contribution is -0.384. The fourth-order valence-electron chi connectivity index (χ4n) is 2.14. The normalized spacial score (nSPS) is 16.5. The van der Waals surface area contributed by atoms with E-state index in [0.717, 1.165) is 6.42 Å². The van der Waals surface area contributed by atoms with Crippen LogP contribution in [-0.2, 0) is 4.79 Å². The van der Waals surface area contributed by atoms with E-state index in [1.165, 1.54) is 6.07 Å². The Labute approximate surface area is 118 Å². The molecule has 1 aromatic carbocycles. The molecule has 0 heterocycles. The summed E-state index contributed by atoms with van der Waals surface area (Å²) in [5.41, 5.74) is -0.495. The molecule has 1 aliphatic carbocycles. The number of nitrogens with zero attached hydrogens (tertiary/aromatic N) is 1. The topological polar surface area (TPSA) is 92.5 Å². The van der Waals surface area contributed by atoms with Crippen molar-refractivity contribution < 1.29 is 14.8 Å². The Balaban J connectivity index is 2.17. The number of carboxylic acids is 1. The molecule has 0 spiro atoms. The first-order chi connectivity index (χ1) is 8.94. The van der Waals surface area contributed by atoms with Crippen molar-refractivity contribution in [1.82, 2.24) is 0 Å². The number of halogens is 1. The van der Waals surface area contributed by atoms with Gasteiger partial charge in [-0.1, -0.05) is 22.4 Å². The second kappa shape index (κ2) is 5.16. The summed E-state index contributed by atoms with van der Waals surface area (Å²) >= 11 is 3.25. The molecule has 0 unspecified atom stereocenters. The number of carboxylic acid groups (broad SMARTS) is 1. The minimum Gasteiger partial charge on any atom is -0.481 e. The molecule has 1 aliphatic rings. The quantitative estimate of drug-likeness (QED) is 0.640. The van der Waals surface area contributed by atoms with E-state index in [4.69, 9.17) is 0 Å². The van der Waals surface area contributed by atoms with Gasteiger partial charge in [-0.15, -0.1) is 0 Å². The van der Waals surface area contributed by atoms with Crippen molar-refractivity contribution in [3.8, 4) is 0 Å². The molecule has 102 valence electrons. The number of rotatable bonds is 5. The highest BCUT2D eigenvalue weighted by Crippen LogP contribution is 2.41. The van der Waals surface area contributed by atoms with Gasteiger partial charge in [-0.05, 0) is 25.0 Å². The van der Waals surface area contributed by atoms with Crippen LogP contribution >= 0.6 is 15.9 Å². The number of anilines is 1. The zero-order valence-corrected chi connectivity index (χ0v) is 11.6. The van der Waals surface area contributed by atoms with Crippen LogP contribution in [-0.4, -0.2) is 22.5 Å². The lowest BCUT2D eigenvalue weighted by Crippen LogP contribution is -2.43. The molecule has 0 amide bonds. The third kappa shape index (κ3) is 2.70. The van der Waals surface area contributed by atoms with Crippen LogP contribution in [0.5, 0.6) is 0 Å². The van der Waals surface area contributed by atoms with E-state index in [-0.39, 0.29) is 12.2 Å². The first-order valence-corrected chi connectivity index (χ1v) is 6.65. The smallest absolute Gasteiger partial charge is 0.311 e. The van der Waals surface area contributed by atoms with Gasteiger partial charge >= 0.3 is 5.97 Å². The molecule has 7 heteroatoms. The highest BCUT2D eigenvalue weighted by molar-refractivity contribution is 9.10. The summed E-state index contributed by atoms with van der Waals surface area (Å²) in [5.74, 6) is -0.844. The van der Waals surface area contributed by atoms with Crippen molar-refractivity contribution >= 4 is 33.3 Å². The van der Waals surface area contributed by atoms with E-state index in [0.29, 0.717) is 23.0 Å². The van der Waals surface area contributed by atoms with E-state index in [1.807, 2.05) is 0 Å². The molecule has 1 saturated carbocycles. The molecule has 0 aliphatic heterocycles. The monoisotopic (exact) mass is 328 g/mol. The molecule has 2 rings (SSSR count). The SMILES string of the molecule is O=C(O)C1(CNc2cc(Br)ccc2[N+](=O)[O-])CCC1. The van der Waals surface area contributed by atoms with Gasteiger partial charge in [0.2, 0.25) is 0 Å². The van der Waals surface area contributed by atoms with E-state index in [1.54, 1.807) is 12.1 Å². The van der Waals surface area contributed by atoms with Gasteiger partial charge in [0.1, 0.15) is 5.69 Å². The minimum atomic E-state index is -0.844. The van der Waals surface area contributed by atoms with Gasteiger partial charge in [0.05, 0.1) is 10.3 Å². The van der Waals surface area contributed by atoms with Crippen molar-refractivity contribution in [3.05, 3.63) is 32.8 Å². The van der Waals surface area contributed by atoms with Gasteiger partial charge in [-0.2, -0.15) is 0 Å². The maximum Gasteiger partial charge on any atom is 0.311 e.